The van der Waals surface area contributed by atoms with E-state index in [4.69, 9.17) is 14.6 Å². The monoisotopic (exact) mass is 242 g/mol. The Morgan fingerprint density at radius 1 is 1.38 bits per heavy atom. The normalized spacial score (nSPS) is 9.94. The lowest BCUT2D eigenvalue weighted by atomic mass is 10.1. The molecule has 0 heterocycles. The first-order valence-electron chi connectivity index (χ1n) is 4.63. The third kappa shape index (κ3) is 2.61. The van der Waals surface area contributed by atoms with Gasteiger partial charge in [-0.3, -0.25) is 4.79 Å². The molecule has 1 aromatic carbocycles. The first kappa shape index (κ1) is 12.7. The van der Waals surface area contributed by atoms with E-state index < -0.39 is 5.97 Å². The average Bonchev–Trinajstić information content (AvgIpc) is 2.27. The van der Waals surface area contributed by atoms with Crippen molar-refractivity contribution in [1.29, 1.82) is 0 Å². The van der Waals surface area contributed by atoms with E-state index in [2.05, 4.69) is 0 Å². The zero-order valence-electron chi connectivity index (χ0n) is 9.44. The molecule has 0 aliphatic rings. The van der Waals surface area contributed by atoms with Gasteiger partial charge in [-0.05, 0) is 12.3 Å². The summed E-state index contributed by atoms with van der Waals surface area (Å²) in [6.45, 7) is 0. The minimum atomic E-state index is -0.879. The summed E-state index contributed by atoms with van der Waals surface area (Å²) in [6, 6.07) is 3.47. The van der Waals surface area contributed by atoms with Gasteiger partial charge in [-0.1, -0.05) is 6.07 Å². The van der Waals surface area contributed by atoms with Crippen LogP contribution in [0, 0.1) is 0 Å². The number of methoxy groups -OCH3 is 2. The Bertz CT molecular complexity index is 390. The van der Waals surface area contributed by atoms with Crippen LogP contribution in [0.5, 0.6) is 11.5 Å². The fourth-order valence-corrected chi connectivity index (χ4v) is 2.22. The van der Waals surface area contributed by atoms with Crippen LogP contribution in [-0.2, 0) is 11.2 Å². The van der Waals surface area contributed by atoms with Crippen molar-refractivity contribution < 1.29 is 19.4 Å². The number of benzene rings is 1. The Balaban J connectivity index is 3.25. The molecule has 0 bridgehead atoms. The molecule has 0 unspecified atom stereocenters. The zero-order chi connectivity index (χ0) is 12.1. The fraction of sp³-hybridized carbons (Fsp3) is 0.364. The van der Waals surface area contributed by atoms with E-state index in [1.807, 2.05) is 6.26 Å². The van der Waals surface area contributed by atoms with Gasteiger partial charge in [-0.2, -0.15) is 0 Å². The van der Waals surface area contributed by atoms with Gasteiger partial charge in [-0.15, -0.1) is 11.8 Å². The third-order valence-corrected chi connectivity index (χ3v) is 2.92. The second kappa shape index (κ2) is 5.65. The average molecular weight is 242 g/mol. The minimum absolute atomic E-state index is 0.0548. The third-order valence-electron chi connectivity index (χ3n) is 2.13. The number of hydrogen-bond donors (Lipinski definition) is 1. The van der Waals surface area contributed by atoms with Gasteiger partial charge in [0.05, 0.1) is 25.5 Å². The predicted octanol–water partition coefficient (Wildman–Crippen LogP) is 2.05. The lowest BCUT2D eigenvalue weighted by Gasteiger charge is -2.14. The Labute approximate surface area is 98.6 Å². The lowest BCUT2D eigenvalue weighted by molar-refractivity contribution is -0.136. The van der Waals surface area contributed by atoms with Crippen LogP contribution in [-0.4, -0.2) is 31.6 Å². The Morgan fingerprint density at radius 3 is 2.50 bits per heavy atom. The minimum Gasteiger partial charge on any atom is -0.495 e. The number of carboxylic acids is 1. The van der Waals surface area contributed by atoms with E-state index in [1.165, 1.54) is 18.9 Å². The van der Waals surface area contributed by atoms with Crippen molar-refractivity contribution in [2.75, 3.05) is 20.5 Å². The molecule has 0 atom stereocenters. The van der Waals surface area contributed by atoms with Crippen molar-refractivity contribution in [3.8, 4) is 11.5 Å². The van der Waals surface area contributed by atoms with E-state index in [0.29, 0.717) is 17.1 Å². The molecule has 0 spiro atoms. The number of rotatable bonds is 5. The second-order valence-corrected chi connectivity index (χ2v) is 3.88. The summed E-state index contributed by atoms with van der Waals surface area (Å²) in [5.41, 5.74) is 0.653. The summed E-state index contributed by atoms with van der Waals surface area (Å²) in [6.07, 6.45) is 1.84. The van der Waals surface area contributed by atoms with Crippen molar-refractivity contribution in [2.45, 2.75) is 11.3 Å². The van der Waals surface area contributed by atoms with E-state index >= 15 is 0 Å². The van der Waals surface area contributed by atoms with Crippen molar-refractivity contribution in [3.05, 3.63) is 17.7 Å². The first-order chi connectivity index (χ1) is 7.63. The molecule has 1 N–H and O–H groups in total. The number of carboxylic acid groups (broad SMARTS) is 1. The number of hydrogen-bond acceptors (Lipinski definition) is 4. The molecule has 5 heteroatoms. The molecule has 0 amide bonds. The van der Waals surface area contributed by atoms with Gasteiger partial charge in [-0.25, -0.2) is 0 Å². The van der Waals surface area contributed by atoms with Crippen LogP contribution in [0.4, 0.5) is 0 Å². The number of ether oxygens (including phenoxy) is 2. The summed E-state index contributed by atoms with van der Waals surface area (Å²) in [7, 11) is 3.10. The molecule has 0 aromatic heterocycles. The van der Waals surface area contributed by atoms with Crippen LogP contribution < -0.4 is 9.47 Å². The molecule has 0 aliphatic heterocycles. The molecule has 1 aromatic rings. The van der Waals surface area contributed by atoms with Crippen molar-refractivity contribution in [1.82, 2.24) is 0 Å². The van der Waals surface area contributed by atoms with Gasteiger partial charge in [0, 0.05) is 5.56 Å². The van der Waals surface area contributed by atoms with Crippen molar-refractivity contribution >= 4 is 17.7 Å². The van der Waals surface area contributed by atoms with E-state index in [-0.39, 0.29) is 6.42 Å². The van der Waals surface area contributed by atoms with Crippen LogP contribution in [0.3, 0.4) is 0 Å². The van der Waals surface area contributed by atoms with Gasteiger partial charge in [0.1, 0.15) is 11.5 Å². The largest absolute Gasteiger partial charge is 0.495 e. The highest BCUT2D eigenvalue weighted by molar-refractivity contribution is 7.98. The highest BCUT2D eigenvalue weighted by Crippen LogP contribution is 2.39. The fourth-order valence-electron chi connectivity index (χ4n) is 1.47. The topological polar surface area (TPSA) is 55.8 Å². The molecule has 1 rings (SSSR count). The zero-order valence-corrected chi connectivity index (χ0v) is 10.3. The SMILES string of the molecule is COc1ccc(CC(=O)O)c(OC)c1SC. The van der Waals surface area contributed by atoms with Crippen LogP contribution in [0.1, 0.15) is 5.56 Å². The van der Waals surface area contributed by atoms with E-state index in [1.54, 1.807) is 19.2 Å². The molecule has 0 saturated heterocycles. The smallest absolute Gasteiger partial charge is 0.307 e. The van der Waals surface area contributed by atoms with Gasteiger partial charge >= 0.3 is 5.97 Å². The van der Waals surface area contributed by atoms with Gasteiger partial charge in [0.15, 0.2) is 0 Å². The molecule has 0 fully saturated rings. The lowest BCUT2D eigenvalue weighted by Crippen LogP contribution is -2.03. The van der Waals surface area contributed by atoms with Gasteiger partial charge in [0.2, 0.25) is 0 Å². The maximum absolute atomic E-state index is 10.7. The molecule has 16 heavy (non-hydrogen) atoms. The summed E-state index contributed by atoms with van der Waals surface area (Å²) in [5.74, 6) is 0.392. The quantitative estimate of drug-likeness (QED) is 0.801. The maximum atomic E-state index is 10.7. The molecular formula is C11H14O4S. The van der Waals surface area contributed by atoms with Crippen LogP contribution >= 0.6 is 11.8 Å². The molecule has 0 saturated carbocycles. The van der Waals surface area contributed by atoms with Crippen molar-refractivity contribution in [3.63, 3.8) is 0 Å². The molecule has 0 aliphatic carbocycles. The van der Waals surface area contributed by atoms with Crippen LogP contribution in [0.2, 0.25) is 0 Å². The van der Waals surface area contributed by atoms with E-state index in [0.717, 1.165) is 4.90 Å². The Morgan fingerprint density at radius 2 is 2.06 bits per heavy atom. The molecule has 88 valence electrons. The Kier molecular flexibility index (Phi) is 4.49. The summed E-state index contributed by atoms with van der Waals surface area (Å²) in [4.78, 5) is 11.5. The predicted molar refractivity (Wildman–Crippen MR) is 62.7 cm³/mol. The highest BCUT2D eigenvalue weighted by atomic mass is 32.2. The summed E-state index contributed by atoms with van der Waals surface area (Å²) < 4.78 is 10.4. The maximum Gasteiger partial charge on any atom is 0.307 e. The summed E-state index contributed by atoms with van der Waals surface area (Å²) >= 11 is 1.47. The number of carbonyl (C=O) groups is 1. The molecular weight excluding hydrogens is 228 g/mol. The highest BCUT2D eigenvalue weighted by Gasteiger charge is 2.15. The first-order valence-corrected chi connectivity index (χ1v) is 5.86. The van der Waals surface area contributed by atoms with Gasteiger partial charge < -0.3 is 14.6 Å². The summed E-state index contributed by atoms with van der Waals surface area (Å²) in [5, 5.41) is 8.78. The second-order valence-electron chi connectivity index (χ2n) is 3.06. The standard InChI is InChI=1S/C11H14O4S/c1-14-8-5-4-7(6-9(12)13)10(15-2)11(8)16-3/h4-5H,6H2,1-3H3,(H,12,13). The molecule has 0 radical (unpaired) electrons. The van der Waals surface area contributed by atoms with Crippen LogP contribution in [0.15, 0.2) is 17.0 Å². The molecule has 4 nitrogen and oxygen atoms in total. The van der Waals surface area contributed by atoms with Gasteiger partial charge in [0.25, 0.3) is 0 Å². The van der Waals surface area contributed by atoms with E-state index in [9.17, 15) is 4.79 Å². The Hall–Kier alpha value is -1.36. The number of thioether (sulfide) groups is 1. The van der Waals surface area contributed by atoms with Crippen molar-refractivity contribution in [2.24, 2.45) is 0 Å². The van der Waals surface area contributed by atoms with Crippen LogP contribution in [0.25, 0.3) is 0 Å². The number of aliphatic carboxylic acids is 1.